The average molecular weight is 474 g/mol. The lowest BCUT2D eigenvalue weighted by Crippen LogP contribution is -2.14. The maximum Gasteiger partial charge on any atom is 0.263 e. The van der Waals surface area contributed by atoms with Crippen LogP contribution in [0, 0.1) is 0 Å². The summed E-state index contributed by atoms with van der Waals surface area (Å²) in [5.74, 6) is -0.264. The first-order chi connectivity index (χ1) is 13.6. The number of sulfonamides is 1. The second kappa shape index (κ2) is 8.62. The van der Waals surface area contributed by atoms with Gasteiger partial charge in [0.15, 0.2) is 5.82 Å². The summed E-state index contributed by atoms with van der Waals surface area (Å²) in [4.78, 5) is 11.1. The average Bonchev–Trinajstić information content (AvgIpc) is 2.96. The molecule has 11 heteroatoms. The molecule has 2 N–H and O–H groups in total. The van der Waals surface area contributed by atoms with Crippen molar-refractivity contribution in [2.24, 2.45) is 0 Å². The minimum atomic E-state index is -3.92. The Morgan fingerprint density at radius 3 is 2.38 bits per heavy atom. The van der Waals surface area contributed by atoms with Gasteiger partial charge in [0.25, 0.3) is 10.0 Å². The Hall–Kier alpha value is -2.26. The molecule has 0 saturated carbocycles. The highest BCUT2D eigenvalue weighted by molar-refractivity contribution is 7.92. The number of nitrogens with one attached hydrogen (secondary N) is 2. The first-order valence-corrected chi connectivity index (χ1v) is 10.8. The first-order valence-electron chi connectivity index (χ1n) is 8.21. The molecule has 0 radical (unpaired) electrons. The van der Waals surface area contributed by atoms with E-state index < -0.39 is 10.0 Å². The van der Waals surface area contributed by atoms with Crippen LogP contribution >= 0.6 is 34.8 Å². The second-order valence-corrected chi connectivity index (χ2v) is 9.00. The minimum absolute atomic E-state index is 0.00188. The third kappa shape index (κ3) is 5.42. The van der Waals surface area contributed by atoms with E-state index in [1.165, 1.54) is 42.1 Å². The molecule has 29 heavy (non-hydrogen) atoms. The summed E-state index contributed by atoms with van der Waals surface area (Å²) >= 11 is 18.2. The number of carbonyl (C=O) groups excluding carboxylic acids is 1. The van der Waals surface area contributed by atoms with E-state index in [1.807, 2.05) is 0 Å². The Morgan fingerprint density at radius 2 is 1.76 bits per heavy atom. The molecular formula is C18H15Cl3N4O3S. The van der Waals surface area contributed by atoms with Crippen molar-refractivity contribution in [3.05, 3.63) is 69.3 Å². The van der Waals surface area contributed by atoms with Gasteiger partial charge in [0.1, 0.15) is 5.02 Å². The van der Waals surface area contributed by atoms with Crippen LogP contribution in [0.15, 0.2) is 53.6 Å². The van der Waals surface area contributed by atoms with Crippen molar-refractivity contribution in [2.45, 2.75) is 18.4 Å². The van der Waals surface area contributed by atoms with Gasteiger partial charge >= 0.3 is 0 Å². The fourth-order valence-corrected chi connectivity index (χ4v) is 4.22. The third-order valence-corrected chi connectivity index (χ3v) is 6.00. The summed E-state index contributed by atoms with van der Waals surface area (Å²) in [5.41, 5.74) is 1.23. The maximum atomic E-state index is 12.6. The monoisotopic (exact) mass is 472 g/mol. The molecule has 0 bridgehead atoms. The highest BCUT2D eigenvalue weighted by Gasteiger charge is 2.18. The lowest BCUT2D eigenvalue weighted by Gasteiger charge is -2.08. The van der Waals surface area contributed by atoms with Crippen molar-refractivity contribution in [2.75, 3.05) is 10.0 Å². The number of amides is 1. The quantitative estimate of drug-likeness (QED) is 0.545. The summed E-state index contributed by atoms with van der Waals surface area (Å²) in [5, 5.41) is 7.85. The van der Waals surface area contributed by atoms with E-state index in [0.717, 1.165) is 5.56 Å². The fourth-order valence-electron chi connectivity index (χ4n) is 2.48. The van der Waals surface area contributed by atoms with Crippen LogP contribution in [-0.2, 0) is 21.4 Å². The van der Waals surface area contributed by atoms with Gasteiger partial charge in [0.05, 0.1) is 11.4 Å². The van der Waals surface area contributed by atoms with Crippen molar-refractivity contribution in [1.82, 2.24) is 9.78 Å². The van der Waals surface area contributed by atoms with E-state index in [1.54, 1.807) is 18.2 Å². The molecular weight excluding hydrogens is 459 g/mol. The zero-order valence-electron chi connectivity index (χ0n) is 15.0. The molecule has 3 rings (SSSR count). The number of anilines is 2. The summed E-state index contributed by atoms with van der Waals surface area (Å²) < 4.78 is 29.0. The molecule has 3 aromatic rings. The number of nitrogens with zero attached hydrogens (tertiary/aromatic N) is 2. The van der Waals surface area contributed by atoms with Crippen LogP contribution < -0.4 is 10.0 Å². The fraction of sp³-hybridized carbons (Fsp3) is 0.111. The molecule has 1 heterocycles. The van der Waals surface area contributed by atoms with E-state index in [-0.39, 0.29) is 28.2 Å². The minimum Gasteiger partial charge on any atom is -0.326 e. The Morgan fingerprint density at radius 1 is 1.07 bits per heavy atom. The van der Waals surface area contributed by atoms with E-state index >= 15 is 0 Å². The van der Waals surface area contributed by atoms with Crippen LogP contribution in [0.4, 0.5) is 11.5 Å². The van der Waals surface area contributed by atoms with Gasteiger partial charge in [-0.3, -0.25) is 14.2 Å². The largest absolute Gasteiger partial charge is 0.326 e. The first kappa shape index (κ1) is 21.4. The van der Waals surface area contributed by atoms with E-state index in [4.69, 9.17) is 34.8 Å². The number of aromatic nitrogens is 2. The van der Waals surface area contributed by atoms with E-state index in [9.17, 15) is 13.2 Å². The number of benzene rings is 2. The van der Waals surface area contributed by atoms with Crippen molar-refractivity contribution in [1.29, 1.82) is 0 Å². The van der Waals surface area contributed by atoms with Gasteiger partial charge in [-0.15, -0.1) is 0 Å². The molecule has 1 amide bonds. The second-order valence-electron chi connectivity index (χ2n) is 6.07. The highest BCUT2D eigenvalue weighted by Crippen LogP contribution is 2.26. The maximum absolute atomic E-state index is 12.6. The molecule has 0 aliphatic carbocycles. The van der Waals surface area contributed by atoms with E-state index in [2.05, 4.69) is 15.1 Å². The molecule has 0 aliphatic heterocycles. The number of rotatable bonds is 6. The number of hydrogen-bond donors (Lipinski definition) is 2. The predicted octanol–water partition coefficient (Wildman–Crippen LogP) is 4.65. The molecule has 0 atom stereocenters. The zero-order chi connectivity index (χ0) is 21.2. The summed E-state index contributed by atoms with van der Waals surface area (Å²) in [6.07, 6.45) is 1.49. The van der Waals surface area contributed by atoms with Crippen LogP contribution in [-0.4, -0.2) is 24.1 Å². The zero-order valence-corrected chi connectivity index (χ0v) is 18.1. The van der Waals surface area contributed by atoms with Crippen molar-refractivity contribution in [3.8, 4) is 0 Å². The molecule has 152 valence electrons. The van der Waals surface area contributed by atoms with Gasteiger partial charge in [-0.05, 0) is 42.0 Å². The smallest absolute Gasteiger partial charge is 0.263 e. The molecule has 0 unspecified atom stereocenters. The van der Waals surface area contributed by atoms with Gasteiger partial charge in [0.2, 0.25) is 5.91 Å². The third-order valence-electron chi connectivity index (χ3n) is 3.78. The van der Waals surface area contributed by atoms with Crippen molar-refractivity contribution < 1.29 is 13.2 Å². The molecule has 7 nitrogen and oxygen atoms in total. The molecule has 1 aromatic heterocycles. The van der Waals surface area contributed by atoms with Crippen LogP contribution in [0.3, 0.4) is 0 Å². The summed E-state index contributed by atoms with van der Waals surface area (Å²) in [6.45, 7) is 1.64. The van der Waals surface area contributed by atoms with Crippen LogP contribution in [0.5, 0.6) is 0 Å². The Bertz CT molecular complexity index is 1160. The van der Waals surface area contributed by atoms with Gasteiger partial charge in [-0.25, -0.2) is 8.42 Å². The van der Waals surface area contributed by atoms with E-state index in [0.29, 0.717) is 15.7 Å². The van der Waals surface area contributed by atoms with Gasteiger partial charge < -0.3 is 5.32 Å². The van der Waals surface area contributed by atoms with Crippen molar-refractivity contribution >= 4 is 62.2 Å². The van der Waals surface area contributed by atoms with Gasteiger partial charge in [-0.1, -0.05) is 40.9 Å². The number of carbonyl (C=O) groups is 1. The van der Waals surface area contributed by atoms with Gasteiger partial charge in [-0.2, -0.15) is 5.10 Å². The summed E-state index contributed by atoms with van der Waals surface area (Å²) in [6, 6.07) is 10.8. The Balaban J connectivity index is 1.78. The van der Waals surface area contributed by atoms with Crippen molar-refractivity contribution in [3.63, 3.8) is 0 Å². The van der Waals surface area contributed by atoms with Gasteiger partial charge in [0, 0.05) is 28.9 Å². The van der Waals surface area contributed by atoms with Crippen LogP contribution in [0.1, 0.15) is 12.5 Å². The summed E-state index contributed by atoms with van der Waals surface area (Å²) in [7, 11) is -3.92. The standard InChI is InChI=1S/C18H15Cl3N4O3S/c1-11(26)22-14-4-6-15(7-5-14)29(27,28)24-18-17(21)10-25(23-18)9-12-2-3-13(19)8-16(12)20/h2-8,10H,9H2,1H3,(H,22,26)(H,23,24). The normalized spacial score (nSPS) is 11.3. The SMILES string of the molecule is CC(=O)Nc1ccc(S(=O)(=O)Nc2nn(Cc3ccc(Cl)cc3Cl)cc2Cl)cc1. The predicted molar refractivity (Wildman–Crippen MR) is 114 cm³/mol. The highest BCUT2D eigenvalue weighted by atomic mass is 35.5. The lowest BCUT2D eigenvalue weighted by atomic mass is 10.2. The molecule has 0 aliphatic rings. The van der Waals surface area contributed by atoms with Crippen LogP contribution in [0.25, 0.3) is 0 Å². The molecule has 0 saturated heterocycles. The number of halogens is 3. The Labute approximate surface area is 182 Å². The number of hydrogen-bond acceptors (Lipinski definition) is 4. The Kier molecular flexibility index (Phi) is 6.38. The molecule has 0 spiro atoms. The lowest BCUT2D eigenvalue weighted by molar-refractivity contribution is -0.114. The topological polar surface area (TPSA) is 93.1 Å². The van der Waals surface area contributed by atoms with Crippen LogP contribution in [0.2, 0.25) is 15.1 Å². The molecule has 0 fully saturated rings. The molecule has 2 aromatic carbocycles.